The normalized spacial score (nSPS) is 13.9. The zero-order valence-electron chi connectivity index (χ0n) is 18.4. The first-order chi connectivity index (χ1) is 16.0. The molecule has 1 aromatic heterocycles. The Labute approximate surface area is 193 Å². The largest absolute Gasteiger partial charge is 0.507 e. The number of nitrogens with zero attached hydrogens (tertiary/aromatic N) is 3. The number of likely N-dealkylation sites (tertiary alicyclic amines) is 1. The summed E-state index contributed by atoms with van der Waals surface area (Å²) in [4.78, 5) is 19.0. The fourth-order valence-corrected chi connectivity index (χ4v) is 4.14. The maximum Gasteiger partial charge on any atom is 0.225 e. The number of benzene rings is 2. The van der Waals surface area contributed by atoms with Gasteiger partial charge in [0.15, 0.2) is 0 Å². The Hall–Kier alpha value is -3.89. The molecule has 1 aliphatic heterocycles. The van der Waals surface area contributed by atoms with Crippen LogP contribution in [0, 0.1) is 11.3 Å². The highest BCUT2D eigenvalue weighted by Crippen LogP contribution is 2.34. The Morgan fingerprint density at radius 1 is 1.09 bits per heavy atom. The van der Waals surface area contributed by atoms with E-state index < -0.39 is 0 Å². The second-order valence-corrected chi connectivity index (χ2v) is 8.22. The molecular formula is C26H27N5O2. The number of aromatic hydroxyl groups is 1. The summed E-state index contributed by atoms with van der Waals surface area (Å²) in [5, 5.41) is 22.8. The average Bonchev–Trinajstić information content (AvgIpc) is 2.84. The van der Waals surface area contributed by atoms with Gasteiger partial charge in [0.25, 0.3) is 0 Å². The summed E-state index contributed by atoms with van der Waals surface area (Å²) in [6.45, 7) is 2.92. The van der Waals surface area contributed by atoms with E-state index in [-0.39, 0.29) is 23.0 Å². The van der Waals surface area contributed by atoms with E-state index in [0.29, 0.717) is 28.9 Å². The Morgan fingerprint density at radius 3 is 2.52 bits per heavy atom. The molecule has 0 saturated carbocycles. The number of carbonyl (C=O) groups excluding carboxylic acids is 1. The molecule has 1 aliphatic rings. The first-order valence-electron chi connectivity index (χ1n) is 11.2. The maximum absolute atomic E-state index is 12.4. The quantitative estimate of drug-likeness (QED) is 0.523. The molecule has 1 saturated heterocycles. The van der Waals surface area contributed by atoms with Crippen LogP contribution in [0.3, 0.4) is 0 Å². The van der Waals surface area contributed by atoms with E-state index in [1.807, 2.05) is 24.3 Å². The Morgan fingerprint density at radius 2 is 1.82 bits per heavy atom. The highest BCUT2D eigenvalue weighted by molar-refractivity contribution is 5.91. The van der Waals surface area contributed by atoms with E-state index in [9.17, 15) is 15.2 Å². The van der Waals surface area contributed by atoms with Crippen molar-refractivity contribution in [3.05, 3.63) is 60.2 Å². The molecule has 0 bridgehead atoms. The van der Waals surface area contributed by atoms with Gasteiger partial charge < -0.3 is 21.1 Å². The van der Waals surface area contributed by atoms with Crippen molar-refractivity contribution in [2.75, 3.05) is 30.7 Å². The van der Waals surface area contributed by atoms with Crippen LogP contribution in [0.25, 0.3) is 22.4 Å². The minimum atomic E-state index is -0.0129. The number of para-hydroxylation sites is 1. The van der Waals surface area contributed by atoms with Crippen molar-refractivity contribution in [3.63, 3.8) is 0 Å². The molecule has 3 aromatic rings. The van der Waals surface area contributed by atoms with Gasteiger partial charge in [-0.2, -0.15) is 5.26 Å². The zero-order chi connectivity index (χ0) is 23.2. The monoisotopic (exact) mass is 441 g/mol. The van der Waals surface area contributed by atoms with Crippen molar-refractivity contribution in [3.8, 4) is 34.2 Å². The van der Waals surface area contributed by atoms with Gasteiger partial charge in [0, 0.05) is 29.8 Å². The molecule has 7 nitrogen and oxygen atoms in total. The van der Waals surface area contributed by atoms with E-state index in [0.717, 1.165) is 25.2 Å². The zero-order valence-corrected chi connectivity index (χ0v) is 18.4. The molecule has 2 aromatic carbocycles. The average molecular weight is 442 g/mol. The van der Waals surface area contributed by atoms with Crippen LogP contribution in [0.2, 0.25) is 0 Å². The molecule has 4 rings (SSSR count). The number of nitriles is 1. The van der Waals surface area contributed by atoms with Gasteiger partial charge in [0.1, 0.15) is 23.2 Å². The summed E-state index contributed by atoms with van der Waals surface area (Å²) in [5.74, 6) is 0.173. The summed E-state index contributed by atoms with van der Waals surface area (Å²) in [7, 11) is 0. The molecule has 0 aliphatic carbocycles. The van der Waals surface area contributed by atoms with E-state index in [1.165, 1.54) is 19.3 Å². The van der Waals surface area contributed by atoms with Crippen molar-refractivity contribution >= 4 is 17.4 Å². The summed E-state index contributed by atoms with van der Waals surface area (Å²) < 4.78 is 0. The number of amides is 1. The van der Waals surface area contributed by atoms with E-state index in [1.54, 1.807) is 30.3 Å². The Kier molecular flexibility index (Phi) is 6.86. The third-order valence-corrected chi connectivity index (χ3v) is 5.92. The van der Waals surface area contributed by atoms with Crippen LogP contribution in [0.1, 0.15) is 31.2 Å². The first kappa shape index (κ1) is 22.3. The van der Waals surface area contributed by atoms with Crippen LogP contribution < -0.4 is 11.1 Å². The minimum absolute atomic E-state index is 0.0129. The number of phenols is 1. The molecular weight excluding hydrogens is 414 g/mol. The molecule has 4 N–H and O–H groups in total. The highest BCUT2D eigenvalue weighted by atomic mass is 16.3. The van der Waals surface area contributed by atoms with E-state index >= 15 is 0 Å². The molecule has 0 atom stereocenters. The number of rotatable bonds is 6. The summed E-state index contributed by atoms with van der Waals surface area (Å²) in [6, 6.07) is 18.0. The molecule has 1 fully saturated rings. The molecule has 168 valence electrons. The van der Waals surface area contributed by atoms with Gasteiger partial charge in [-0.05, 0) is 61.8 Å². The lowest BCUT2D eigenvalue weighted by atomic mass is 9.98. The lowest BCUT2D eigenvalue weighted by molar-refractivity contribution is -0.116. The predicted molar refractivity (Wildman–Crippen MR) is 129 cm³/mol. The maximum atomic E-state index is 12.4. The van der Waals surface area contributed by atoms with Gasteiger partial charge in [0.05, 0.1) is 5.69 Å². The molecule has 2 heterocycles. The molecule has 0 unspecified atom stereocenters. The van der Waals surface area contributed by atoms with Crippen molar-refractivity contribution in [1.82, 2.24) is 9.88 Å². The molecule has 33 heavy (non-hydrogen) atoms. The van der Waals surface area contributed by atoms with Gasteiger partial charge in [-0.1, -0.05) is 30.7 Å². The topological polar surface area (TPSA) is 115 Å². The second-order valence-electron chi connectivity index (χ2n) is 8.22. The second kappa shape index (κ2) is 10.2. The van der Waals surface area contributed by atoms with Gasteiger partial charge >= 0.3 is 0 Å². The molecule has 0 spiro atoms. The van der Waals surface area contributed by atoms with Crippen molar-refractivity contribution in [2.45, 2.75) is 25.7 Å². The van der Waals surface area contributed by atoms with E-state index in [2.05, 4.69) is 21.3 Å². The van der Waals surface area contributed by atoms with Gasteiger partial charge in [-0.3, -0.25) is 4.79 Å². The van der Waals surface area contributed by atoms with Crippen LogP contribution in [-0.2, 0) is 4.79 Å². The molecule has 7 heteroatoms. The van der Waals surface area contributed by atoms with Crippen LogP contribution in [0.5, 0.6) is 5.75 Å². The van der Waals surface area contributed by atoms with Crippen molar-refractivity contribution in [1.29, 1.82) is 5.26 Å². The van der Waals surface area contributed by atoms with Gasteiger partial charge in [-0.25, -0.2) is 4.98 Å². The number of pyridine rings is 1. The number of anilines is 2. The van der Waals surface area contributed by atoms with Crippen LogP contribution in [0.15, 0.2) is 54.6 Å². The number of phenolic OH excluding ortho intramolecular Hbond substituents is 1. The third kappa shape index (κ3) is 5.30. The molecule has 1 amide bonds. The van der Waals surface area contributed by atoms with Crippen molar-refractivity contribution in [2.24, 2.45) is 0 Å². The number of nitrogens with one attached hydrogen (secondary N) is 1. The minimum Gasteiger partial charge on any atom is -0.507 e. The lowest BCUT2D eigenvalue weighted by Crippen LogP contribution is -2.32. The fourth-order valence-electron chi connectivity index (χ4n) is 4.14. The number of piperidine rings is 1. The highest BCUT2D eigenvalue weighted by Gasteiger charge is 2.16. The van der Waals surface area contributed by atoms with Gasteiger partial charge in [-0.15, -0.1) is 0 Å². The SMILES string of the molecule is N#Cc1c(-c2ccc(NC(=O)CCN3CCCCC3)cc2)cc(-c2ccccc2O)nc1N. The Balaban J connectivity index is 1.51. The lowest BCUT2D eigenvalue weighted by Gasteiger charge is -2.25. The standard InChI is InChI=1S/C26H27N5O2/c27-17-22-21(16-23(30-26(22)28)20-6-2-3-7-24(20)32)18-8-10-19(11-9-18)29-25(33)12-15-31-13-4-1-5-14-31/h2-3,6-11,16,32H,1,4-5,12-15H2,(H2,28,30)(H,29,33). The number of nitrogen functional groups attached to an aromatic ring is 1. The summed E-state index contributed by atoms with van der Waals surface area (Å²) in [5.41, 5.74) is 9.44. The van der Waals surface area contributed by atoms with Crippen LogP contribution >= 0.6 is 0 Å². The summed E-state index contributed by atoms with van der Waals surface area (Å²) >= 11 is 0. The number of hydrogen-bond donors (Lipinski definition) is 3. The van der Waals surface area contributed by atoms with Crippen molar-refractivity contribution < 1.29 is 9.90 Å². The van der Waals surface area contributed by atoms with Crippen LogP contribution in [-0.4, -0.2) is 40.5 Å². The molecule has 0 radical (unpaired) electrons. The smallest absolute Gasteiger partial charge is 0.225 e. The number of aromatic nitrogens is 1. The third-order valence-electron chi connectivity index (χ3n) is 5.92. The number of hydrogen-bond acceptors (Lipinski definition) is 6. The fraction of sp³-hybridized carbons (Fsp3) is 0.269. The first-order valence-corrected chi connectivity index (χ1v) is 11.2. The predicted octanol–water partition coefficient (Wildman–Crippen LogP) is 4.39. The summed E-state index contributed by atoms with van der Waals surface area (Å²) in [6.07, 6.45) is 4.16. The van der Waals surface area contributed by atoms with Crippen LogP contribution in [0.4, 0.5) is 11.5 Å². The number of nitrogens with two attached hydrogens (primary N) is 1. The van der Waals surface area contributed by atoms with E-state index in [4.69, 9.17) is 5.73 Å². The number of carbonyl (C=O) groups is 1. The van der Waals surface area contributed by atoms with Gasteiger partial charge in [0.2, 0.25) is 5.91 Å². The Bertz CT molecular complexity index is 1180.